The van der Waals surface area contributed by atoms with Gasteiger partial charge < -0.3 is 9.52 Å². The summed E-state index contributed by atoms with van der Waals surface area (Å²) in [5.41, 5.74) is 1.07. The summed E-state index contributed by atoms with van der Waals surface area (Å²) in [5.74, 6) is -0.0424. The molecule has 0 amide bonds. The Kier molecular flexibility index (Phi) is 5.99. The van der Waals surface area contributed by atoms with Gasteiger partial charge in [-0.25, -0.2) is 4.98 Å². The molecule has 0 fully saturated rings. The van der Waals surface area contributed by atoms with Crippen LogP contribution in [0.5, 0.6) is 0 Å². The Hall–Kier alpha value is -2.74. The quantitative estimate of drug-likeness (QED) is 0.459. The molecule has 4 nitrogen and oxygen atoms in total. The number of halogens is 3. The Morgan fingerprint density at radius 3 is 2.40 bits per heavy atom. The molecule has 0 aliphatic rings. The predicted molar refractivity (Wildman–Crippen MR) is 108 cm³/mol. The second kappa shape index (κ2) is 8.18. The molecule has 1 heterocycles. The van der Waals surface area contributed by atoms with E-state index in [1.165, 1.54) is 23.9 Å². The molecule has 0 saturated carbocycles. The highest BCUT2D eigenvalue weighted by Gasteiger charge is 2.32. The van der Waals surface area contributed by atoms with Crippen LogP contribution in [0.2, 0.25) is 0 Å². The van der Waals surface area contributed by atoms with E-state index in [1.54, 1.807) is 19.1 Å². The number of aromatic nitrogens is 1. The van der Waals surface area contributed by atoms with E-state index in [0.29, 0.717) is 22.6 Å². The van der Waals surface area contributed by atoms with Crippen LogP contribution in [0.3, 0.4) is 0 Å². The number of oxazole rings is 1. The van der Waals surface area contributed by atoms with Gasteiger partial charge in [0, 0.05) is 10.5 Å². The second-order valence-corrected chi connectivity index (χ2v) is 9.04. The van der Waals surface area contributed by atoms with Gasteiger partial charge in [-0.1, -0.05) is 12.1 Å². The molecule has 0 radical (unpaired) electrons. The first-order valence-electron chi connectivity index (χ1n) is 9.11. The normalized spacial score (nSPS) is 12.2. The minimum Gasteiger partial charge on any atom is -0.481 e. The Bertz CT molecular complexity index is 1060. The van der Waals surface area contributed by atoms with E-state index in [2.05, 4.69) is 4.98 Å². The van der Waals surface area contributed by atoms with Gasteiger partial charge in [0.2, 0.25) is 5.89 Å². The summed E-state index contributed by atoms with van der Waals surface area (Å²) >= 11 is 1.49. The van der Waals surface area contributed by atoms with Crippen LogP contribution in [-0.4, -0.2) is 16.1 Å². The van der Waals surface area contributed by atoms with E-state index in [4.69, 9.17) is 9.52 Å². The number of carboxylic acid groups (broad SMARTS) is 1. The maximum atomic E-state index is 12.8. The van der Waals surface area contributed by atoms with E-state index in [0.717, 1.165) is 17.0 Å². The molecule has 0 bridgehead atoms. The average molecular weight is 435 g/mol. The van der Waals surface area contributed by atoms with Gasteiger partial charge in [-0.3, -0.25) is 4.79 Å². The van der Waals surface area contributed by atoms with Crippen molar-refractivity contribution in [2.24, 2.45) is 0 Å². The van der Waals surface area contributed by atoms with Crippen molar-refractivity contribution in [3.63, 3.8) is 0 Å². The number of benzene rings is 2. The van der Waals surface area contributed by atoms with Crippen molar-refractivity contribution in [1.29, 1.82) is 0 Å². The highest BCUT2D eigenvalue weighted by Crippen LogP contribution is 2.43. The number of nitrogens with zero attached hydrogens (tertiary/aromatic N) is 1. The van der Waals surface area contributed by atoms with Crippen molar-refractivity contribution in [3.8, 4) is 11.5 Å². The van der Waals surface area contributed by atoms with Gasteiger partial charge in [-0.05, 0) is 62.7 Å². The standard InChI is InChI=1S/C22H20F3NO3S/c1-13-19(21(2,3)30-17-6-4-5-14(11-17)12-18(27)28)29-20(26-13)15-7-9-16(10-8-15)22(23,24)25/h4-11H,12H2,1-3H3,(H,27,28). The molecule has 0 aliphatic carbocycles. The van der Waals surface area contributed by atoms with Crippen molar-refractivity contribution in [1.82, 2.24) is 4.98 Å². The lowest BCUT2D eigenvalue weighted by Crippen LogP contribution is -2.12. The lowest BCUT2D eigenvalue weighted by atomic mass is 10.1. The van der Waals surface area contributed by atoms with Crippen LogP contribution >= 0.6 is 11.8 Å². The highest BCUT2D eigenvalue weighted by atomic mass is 32.2. The van der Waals surface area contributed by atoms with Crippen LogP contribution < -0.4 is 0 Å². The Balaban J connectivity index is 1.85. The highest BCUT2D eigenvalue weighted by molar-refractivity contribution is 8.00. The minimum atomic E-state index is -4.40. The van der Waals surface area contributed by atoms with Crippen molar-refractivity contribution in [2.75, 3.05) is 0 Å². The van der Waals surface area contributed by atoms with Crippen molar-refractivity contribution in [3.05, 3.63) is 71.1 Å². The molecule has 0 saturated heterocycles. The summed E-state index contributed by atoms with van der Waals surface area (Å²) in [7, 11) is 0. The van der Waals surface area contributed by atoms with E-state index in [9.17, 15) is 18.0 Å². The van der Waals surface area contributed by atoms with Gasteiger partial charge in [-0.15, -0.1) is 11.8 Å². The van der Waals surface area contributed by atoms with Gasteiger partial charge in [0.1, 0.15) is 5.76 Å². The maximum Gasteiger partial charge on any atom is 0.416 e. The number of hydrogen-bond donors (Lipinski definition) is 1. The number of aliphatic carboxylic acids is 1. The number of rotatable bonds is 6. The molecule has 0 unspecified atom stereocenters. The molecule has 2 aromatic carbocycles. The lowest BCUT2D eigenvalue weighted by molar-refractivity contribution is -0.138. The monoisotopic (exact) mass is 435 g/mol. The molecule has 0 spiro atoms. The van der Waals surface area contributed by atoms with Crippen molar-refractivity contribution in [2.45, 2.75) is 43.0 Å². The topological polar surface area (TPSA) is 63.3 Å². The smallest absolute Gasteiger partial charge is 0.416 e. The third-order valence-electron chi connectivity index (χ3n) is 4.43. The third kappa shape index (κ3) is 5.05. The maximum absolute atomic E-state index is 12.8. The Labute approximate surface area is 176 Å². The first-order chi connectivity index (χ1) is 14.0. The van der Waals surface area contributed by atoms with Crippen LogP contribution in [0.1, 0.15) is 36.4 Å². The Morgan fingerprint density at radius 1 is 1.13 bits per heavy atom. The summed E-state index contributed by atoms with van der Waals surface area (Å²) in [6.07, 6.45) is -4.46. The molecule has 3 rings (SSSR count). The molecule has 1 N–H and O–H groups in total. The fourth-order valence-corrected chi connectivity index (χ4v) is 4.34. The number of thioether (sulfide) groups is 1. The molecule has 8 heteroatoms. The molecule has 1 aromatic heterocycles. The molecular formula is C22H20F3NO3S. The van der Waals surface area contributed by atoms with Crippen LogP contribution in [0.25, 0.3) is 11.5 Å². The molecule has 0 atom stereocenters. The van der Waals surface area contributed by atoms with Gasteiger partial charge in [0.05, 0.1) is 22.4 Å². The molecule has 30 heavy (non-hydrogen) atoms. The summed E-state index contributed by atoms with van der Waals surface area (Å²) in [5, 5.41) is 8.98. The summed E-state index contributed by atoms with van der Waals surface area (Å²) < 4.78 is 43.7. The van der Waals surface area contributed by atoms with E-state index in [-0.39, 0.29) is 12.3 Å². The van der Waals surface area contributed by atoms with E-state index >= 15 is 0 Å². The van der Waals surface area contributed by atoms with Crippen LogP contribution in [0, 0.1) is 6.92 Å². The summed E-state index contributed by atoms with van der Waals surface area (Å²) in [4.78, 5) is 16.2. The minimum absolute atomic E-state index is 0.0613. The third-order valence-corrected chi connectivity index (χ3v) is 5.61. The number of carboxylic acids is 1. The van der Waals surface area contributed by atoms with Crippen LogP contribution in [-0.2, 0) is 22.1 Å². The van der Waals surface area contributed by atoms with Gasteiger partial charge in [0.15, 0.2) is 0 Å². The fraction of sp³-hybridized carbons (Fsp3) is 0.273. The molecular weight excluding hydrogens is 415 g/mol. The second-order valence-electron chi connectivity index (χ2n) is 7.34. The van der Waals surface area contributed by atoms with Gasteiger partial charge in [-0.2, -0.15) is 13.2 Å². The van der Waals surface area contributed by atoms with Crippen LogP contribution in [0.15, 0.2) is 57.8 Å². The fourth-order valence-electron chi connectivity index (χ4n) is 3.11. The lowest BCUT2D eigenvalue weighted by Gasteiger charge is -2.22. The van der Waals surface area contributed by atoms with Gasteiger partial charge in [0.25, 0.3) is 0 Å². The van der Waals surface area contributed by atoms with Crippen LogP contribution in [0.4, 0.5) is 13.2 Å². The first-order valence-corrected chi connectivity index (χ1v) is 9.92. The number of aryl methyl sites for hydroxylation is 1. The van der Waals surface area contributed by atoms with Crippen molar-refractivity contribution < 1.29 is 27.5 Å². The van der Waals surface area contributed by atoms with Gasteiger partial charge >= 0.3 is 12.1 Å². The SMILES string of the molecule is Cc1nc(-c2ccc(C(F)(F)F)cc2)oc1C(C)(C)Sc1cccc(CC(=O)O)c1. The largest absolute Gasteiger partial charge is 0.481 e. The summed E-state index contributed by atoms with van der Waals surface area (Å²) in [6, 6.07) is 12.0. The summed E-state index contributed by atoms with van der Waals surface area (Å²) in [6.45, 7) is 5.69. The van der Waals surface area contributed by atoms with Crippen molar-refractivity contribution >= 4 is 17.7 Å². The Morgan fingerprint density at radius 2 is 1.80 bits per heavy atom. The first kappa shape index (κ1) is 22.0. The number of carbonyl (C=O) groups is 1. The molecule has 158 valence electrons. The zero-order valence-corrected chi connectivity index (χ0v) is 17.4. The molecule has 3 aromatic rings. The number of hydrogen-bond acceptors (Lipinski definition) is 4. The number of alkyl halides is 3. The molecule has 0 aliphatic heterocycles. The predicted octanol–water partition coefficient (Wildman–Crippen LogP) is 6.32. The van der Waals surface area contributed by atoms with E-state index < -0.39 is 22.5 Å². The zero-order chi connectivity index (χ0) is 22.1. The van der Waals surface area contributed by atoms with E-state index in [1.807, 2.05) is 26.0 Å². The zero-order valence-electron chi connectivity index (χ0n) is 16.6. The average Bonchev–Trinajstić information content (AvgIpc) is 3.03.